The second kappa shape index (κ2) is 8.03. The first-order valence-corrected chi connectivity index (χ1v) is 8.13. The van der Waals surface area contributed by atoms with Crippen molar-refractivity contribution in [2.24, 2.45) is 5.73 Å². The lowest BCUT2D eigenvalue weighted by Crippen LogP contribution is -2.37. The molecule has 1 amide bonds. The number of carbonyl (C=O) groups is 1. The average Bonchev–Trinajstić information content (AvgIpc) is 2.91. The molecule has 0 saturated carbocycles. The number of benzene rings is 1. The number of amides is 1. The van der Waals surface area contributed by atoms with Gasteiger partial charge in [-0.15, -0.1) is 12.4 Å². The van der Waals surface area contributed by atoms with E-state index in [1.54, 1.807) is 0 Å². The SMILES string of the molecule is CSC1CN(C(=O)c2ccc(CN)cc2)CC1N(C)C.Cl. The van der Waals surface area contributed by atoms with Gasteiger partial charge in [-0.1, -0.05) is 12.1 Å². The Morgan fingerprint density at radius 1 is 1.33 bits per heavy atom. The maximum atomic E-state index is 12.5. The van der Waals surface area contributed by atoms with E-state index in [0.717, 1.165) is 24.2 Å². The van der Waals surface area contributed by atoms with E-state index in [9.17, 15) is 4.79 Å². The predicted molar refractivity (Wildman–Crippen MR) is 92.3 cm³/mol. The zero-order chi connectivity index (χ0) is 14.7. The van der Waals surface area contributed by atoms with Crippen LogP contribution in [0.2, 0.25) is 0 Å². The second-order valence-corrected chi connectivity index (χ2v) is 6.49. The van der Waals surface area contributed by atoms with Crippen LogP contribution in [0.4, 0.5) is 0 Å². The van der Waals surface area contributed by atoms with Gasteiger partial charge >= 0.3 is 0 Å². The number of carbonyl (C=O) groups excluding carboxylic acids is 1. The van der Waals surface area contributed by atoms with Gasteiger partial charge in [-0.05, 0) is 38.0 Å². The van der Waals surface area contributed by atoms with Gasteiger partial charge in [-0.2, -0.15) is 11.8 Å². The summed E-state index contributed by atoms with van der Waals surface area (Å²) in [5.74, 6) is 0.122. The van der Waals surface area contributed by atoms with Crippen molar-refractivity contribution < 1.29 is 4.79 Å². The van der Waals surface area contributed by atoms with Crippen molar-refractivity contribution in [1.29, 1.82) is 0 Å². The number of nitrogens with zero attached hydrogens (tertiary/aromatic N) is 2. The van der Waals surface area contributed by atoms with Crippen molar-refractivity contribution in [1.82, 2.24) is 9.80 Å². The fraction of sp³-hybridized carbons (Fsp3) is 0.533. The Morgan fingerprint density at radius 2 is 1.95 bits per heavy atom. The highest BCUT2D eigenvalue weighted by Crippen LogP contribution is 2.25. The molecule has 1 heterocycles. The van der Waals surface area contributed by atoms with E-state index in [2.05, 4.69) is 25.3 Å². The van der Waals surface area contributed by atoms with Gasteiger partial charge in [0.25, 0.3) is 5.91 Å². The van der Waals surface area contributed by atoms with Gasteiger partial charge in [0.15, 0.2) is 0 Å². The molecule has 1 aliphatic rings. The lowest BCUT2D eigenvalue weighted by atomic mass is 10.1. The molecular formula is C15H24ClN3OS. The number of likely N-dealkylation sites (tertiary alicyclic amines) is 1. The molecule has 2 N–H and O–H groups in total. The minimum Gasteiger partial charge on any atom is -0.336 e. The van der Waals surface area contributed by atoms with E-state index in [1.165, 1.54) is 0 Å². The molecule has 4 nitrogen and oxygen atoms in total. The lowest BCUT2D eigenvalue weighted by molar-refractivity contribution is 0.0783. The van der Waals surface area contributed by atoms with Crippen LogP contribution in [0, 0.1) is 0 Å². The van der Waals surface area contributed by atoms with Gasteiger partial charge in [0.05, 0.1) is 0 Å². The van der Waals surface area contributed by atoms with E-state index in [4.69, 9.17) is 5.73 Å². The van der Waals surface area contributed by atoms with Crippen LogP contribution in [-0.4, -0.2) is 60.4 Å². The van der Waals surface area contributed by atoms with Crippen LogP contribution in [0.25, 0.3) is 0 Å². The Hall–Kier alpha value is -0.750. The molecule has 1 fully saturated rings. The maximum absolute atomic E-state index is 12.5. The zero-order valence-corrected chi connectivity index (χ0v) is 14.4. The monoisotopic (exact) mass is 329 g/mol. The van der Waals surface area contributed by atoms with Crippen LogP contribution in [0.3, 0.4) is 0 Å². The van der Waals surface area contributed by atoms with E-state index in [-0.39, 0.29) is 18.3 Å². The van der Waals surface area contributed by atoms with Crippen LogP contribution in [-0.2, 0) is 6.54 Å². The highest BCUT2D eigenvalue weighted by molar-refractivity contribution is 7.99. The number of likely N-dealkylation sites (N-methyl/N-ethyl adjacent to an activating group) is 1. The van der Waals surface area contributed by atoms with Crippen LogP contribution in [0.15, 0.2) is 24.3 Å². The van der Waals surface area contributed by atoms with Gasteiger partial charge in [0.1, 0.15) is 0 Å². The quantitative estimate of drug-likeness (QED) is 0.913. The van der Waals surface area contributed by atoms with Crippen LogP contribution in [0.1, 0.15) is 15.9 Å². The van der Waals surface area contributed by atoms with Crippen molar-refractivity contribution in [2.75, 3.05) is 33.4 Å². The van der Waals surface area contributed by atoms with Crippen molar-refractivity contribution in [3.8, 4) is 0 Å². The van der Waals surface area contributed by atoms with Crippen molar-refractivity contribution in [2.45, 2.75) is 17.8 Å². The number of thioether (sulfide) groups is 1. The molecule has 2 atom stereocenters. The fourth-order valence-electron chi connectivity index (χ4n) is 2.62. The maximum Gasteiger partial charge on any atom is 0.253 e. The Kier molecular flexibility index (Phi) is 7.00. The lowest BCUT2D eigenvalue weighted by Gasteiger charge is -2.23. The summed E-state index contributed by atoms with van der Waals surface area (Å²) < 4.78 is 0. The number of nitrogens with two attached hydrogens (primary N) is 1. The Balaban J connectivity index is 0.00000220. The van der Waals surface area contributed by atoms with Crippen molar-refractivity contribution in [3.63, 3.8) is 0 Å². The third kappa shape index (κ3) is 4.13. The molecule has 0 bridgehead atoms. The number of halogens is 1. The minimum absolute atomic E-state index is 0. The van der Waals surface area contributed by atoms with Gasteiger partial charge in [0, 0.05) is 36.5 Å². The molecular weight excluding hydrogens is 306 g/mol. The number of hydrogen-bond donors (Lipinski definition) is 1. The summed E-state index contributed by atoms with van der Waals surface area (Å²) >= 11 is 1.84. The second-order valence-electron chi connectivity index (χ2n) is 5.42. The predicted octanol–water partition coefficient (Wildman–Crippen LogP) is 1.68. The average molecular weight is 330 g/mol. The number of hydrogen-bond acceptors (Lipinski definition) is 4. The Morgan fingerprint density at radius 3 is 2.38 bits per heavy atom. The summed E-state index contributed by atoms with van der Waals surface area (Å²) in [5.41, 5.74) is 7.39. The Bertz CT molecular complexity index is 466. The van der Waals surface area contributed by atoms with E-state index in [1.807, 2.05) is 40.9 Å². The molecule has 2 unspecified atom stereocenters. The fourth-order valence-corrected chi connectivity index (χ4v) is 3.59. The van der Waals surface area contributed by atoms with E-state index >= 15 is 0 Å². The molecule has 1 aliphatic heterocycles. The molecule has 2 rings (SSSR count). The molecule has 1 saturated heterocycles. The summed E-state index contributed by atoms with van der Waals surface area (Å²) in [4.78, 5) is 16.7. The van der Waals surface area contributed by atoms with E-state index in [0.29, 0.717) is 17.8 Å². The Labute approximate surface area is 137 Å². The smallest absolute Gasteiger partial charge is 0.253 e. The van der Waals surface area contributed by atoms with Gasteiger partial charge in [0.2, 0.25) is 0 Å². The molecule has 0 spiro atoms. The summed E-state index contributed by atoms with van der Waals surface area (Å²) in [6.07, 6.45) is 2.12. The van der Waals surface area contributed by atoms with Gasteiger partial charge in [-0.3, -0.25) is 4.79 Å². The molecule has 0 aliphatic carbocycles. The van der Waals surface area contributed by atoms with Crippen LogP contribution in [0.5, 0.6) is 0 Å². The van der Waals surface area contributed by atoms with Crippen molar-refractivity contribution >= 4 is 30.1 Å². The first kappa shape index (κ1) is 18.3. The standard InChI is InChI=1S/C15H23N3OS.ClH/c1-17(2)13-9-18(10-14(13)20-3)15(19)12-6-4-11(8-16)5-7-12;/h4-7,13-14H,8-10,16H2,1-3H3;1H. The highest BCUT2D eigenvalue weighted by atomic mass is 35.5. The third-order valence-corrected chi connectivity index (χ3v) is 5.00. The summed E-state index contributed by atoms with van der Waals surface area (Å²) in [6.45, 7) is 2.13. The first-order valence-electron chi connectivity index (χ1n) is 6.84. The first-order chi connectivity index (χ1) is 9.56. The summed E-state index contributed by atoms with van der Waals surface area (Å²) in [7, 11) is 4.16. The molecule has 1 aromatic rings. The molecule has 118 valence electrons. The largest absolute Gasteiger partial charge is 0.336 e. The van der Waals surface area contributed by atoms with Crippen LogP contribution >= 0.6 is 24.2 Å². The molecule has 0 radical (unpaired) electrons. The van der Waals surface area contributed by atoms with Gasteiger partial charge in [-0.25, -0.2) is 0 Å². The molecule has 0 aromatic heterocycles. The minimum atomic E-state index is 0. The number of rotatable bonds is 4. The molecule has 21 heavy (non-hydrogen) atoms. The topological polar surface area (TPSA) is 49.6 Å². The summed E-state index contributed by atoms with van der Waals surface area (Å²) in [6, 6.07) is 8.04. The molecule has 6 heteroatoms. The summed E-state index contributed by atoms with van der Waals surface area (Å²) in [5, 5.41) is 0.484. The van der Waals surface area contributed by atoms with Gasteiger partial charge < -0.3 is 15.5 Å². The normalized spacial score (nSPS) is 21.5. The van der Waals surface area contributed by atoms with Crippen molar-refractivity contribution in [3.05, 3.63) is 35.4 Å². The van der Waals surface area contributed by atoms with Crippen LogP contribution < -0.4 is 5.73 Å². The third-order valence-electron chi connectivity index (χ3n) is 3.93. The highest BCUT2D eigenvalue weighted by Gasteiger charge is 2.36. The van der Waals surface area contributed by atoms with E-state index < -0.39 is 0 Å². The zero-order valence-electron chi connectivity index (χ0n) is 12.8. The molecule has 1 aromatic carbocycles.